The van der Waals surface area contributed by atoms with Gasteiger partial charge in [-0.05, 0) is 73.4 Å². The molecule has 5 N–H and O–H groups in total. The number of aryl methyl sites for hydroxylation is 1. The molecular formula is C50H60ClFN8O8S2. The Morgan fingerprint density at radius 3 is 2.44 bits per heavy atom. The van der Waals surface area contributed by atoms with E-state index in [2.05, 4.69) is 31.2 Å². The van der Waals surface area contributed by atoms with E-state index < -0.39 is 52.6 Å². The van der Waals surface area contributed by atoms with E-state index in [1.165, 1.54) is 22.3 Å². The zero-order valence-electron chi connectivity index (χ0n) is 39.7. The average Bonchev–Trinajstić information content (AvgIpc) is 4.12. The third-order valence-corrected chi connectivity index (χ3v) is 14.4. The van der Waals surface area contributed by atoms with E-state index in [9.17, 15) is 28.7 Å². The molecule has 3 atom stereocenters. The zero-order valence-corrected chi connectivity index (χ0v) is 42.1. The summed E-state index contributed by atoms with van der Waals surface area (Å²) in [7, 11) is 0. The Morgan fingerprint density at radius 2 is 1.73 bits per heavy atom. The number of rotatable bonds is 21. The molecule has 2 aromatic carbocycles. The van der Waals surface area contributed by atoms with Crippen LogP contribution in [0, 0.1) is 23.6 Å². The number of nitrogens with zero attached hydrogens (tertiary/aromatic N) is 4. The number of carbonyl (C=O) groups excluding carboxylic acids is 4. The van der Waals surface area contributed by atoms with Crippen molar-refractivity contribution in [3.05, 3.63) is 106 Å². The number of anilines is 2. The smallest absolute Gasteiger partial charge is 0.246 e. The number of carbonyl (C=O) groups is 4. The highest BCUT2D eigenvalue weighted by molar-refractivity contribution is 7.13. The van der Waals surface area contributed by atoms with Gasteiger partial charge in [0.25, 0.3) is 0 Å². The van der Waals surface area contributed by atoms with Crippen molar-refractivity contribution in [3.63, 3.8) is 0 Å². The molecule has 4 heterocycles. The molecule has 1 saturated carbocycles. The molecule has 0 radical (unpaired) electrons. The molecule has 0 unspecified atom stereocenters. The van der Waals surface area contributed by atoms with E-state index in [4.69, 9.17) is 30.8 Å². The number of hydrogen-bond donors (Lipinski definition) is 5. The number of β-amino-alcohol motifs (C(OH)–C–C–N with tert-alkyl or cyclic N) is 1. The summed E-state index contributed by atoms with van der Waals surface area (Å²) < 4.78 is 32.1. The third kappa shape index (κ3) is 13.8. The molecule has 7 rings (SSSR count). The van der Waals surface area contributed by atoms with Crippen molar-refractivity contribution in [2.24, 2.45) is 10.8 Å². The van der Waals surface area contributed by atoms with Gasteiger partial charge in [0.15, 0.2) is 16.7 Å². The number of thiazole rings is 2. The fourth-order valence-corrected chi connectivity index (χ4v) is 10.2. The standard InChI is InChI=1S/C50H60ClFN8O8S2/c1-31-43(70-30-56-31)33-13-11-32(12-14-33)27-55-45(63)38-25-35(61)28-60(38)46(64)44(49(2,3)4)59-41(62)29-67-23-22-66-21-19-53-47(65)50(26-34-7-5-10-40(57-34)58-48-54-20-24-69-48)17-15-36(16-18-50)68-39-9-6-8-37(51)42(39)52/h5-14,20,24,30,35-36,38,44,61H,15-19,21-23,25-29H2,1-4H3,(H,53,65)(H,55,63)(H,59,62)(H,54,57,58)/t35-,36?,38+,44-,50?/m1/s1. The number of aliphatic hydroxyl groups excluding tert-OH is 1. The van der Waals surface area contributed by atoms with Gasteiger partial charge in [0.1, 0.15) is 24.5 Å². The Hall–Kier alpha value is -5.57. The summed E-state index contributed by atoms with van der Waals surface area (Å²) in [5.41, 5.74) is 3.84. The van der Waals surface area contributed by atoms with Gasteiger partial charge in [-0.25, -0.2) is 19.3 Å². The summed E-state index contributed by atoms with van der Waals surface area (Å²) in [6.07, 6.45) is 2.88. The molecule has 1 aliphatic carbocycles. The number of halogens is 2. The van der Waals surface area contributed by atoms with Gasteiger partial charge in [-0.3, -0.25) is 19.2 Å². The molecule has 0 spiro atoms. The van der Waals surface area contributed by atoms with Crippen molar-refractivity contribution in [1.82, 2.24) is 35.8 Å². The van der Waals surface area contributed by atoms with Crippen LogP contribution in [0.25, 0.3) is 10.4 Å². The first-order chi connectivity index (χ1) is 33.6. The van der Waals surface area contributed by atoms with Crippen LogP contribution in [-0.2, 0) is 41.6 Å². The van der Waals surface area contributed by atoms with Crippen LogP contribution >= 0.6 is 34.3 Å². The van der Waals surface area contributed by atoms with Gasteiger partial charge in [0.2, 0.25) is 23.6 Å². The van der Waals surface area contributed by atoms with Crippen LogP contribution < -0.4 is 26.0 Å². The highest BCUT2D eigenvalue weighted by Gasteiger charge is 2.45. The van der Waals surface area contributed by atoms with E-state index in [1.807, 2.05) is 75.5 Å². The van der Waals surface area contributed by atoms with Gasteiger partial charge >= 0.3 is 0 Å². The second-order valence-corrected chi connectivity index (χ2v) is 20.8. The number of pyridine rings is 1. The number of ether oxygens (including phenoxy) is 3. The molecular weight excluding hydrogens is 959 g/mol. The lowest BCUT2D eigenvalue weighted by atomic mass is 9.69. The van der Waals surface area contributed by atoms with E-state index in [-0.39, 0.29) is 75.3 Å². The van der Waals surface area contributed by atoms with Crippen molar-refractivity contribution >= 4 is 68.9 Å². The van der Waals surface area contributed by atoms with Crippen LogP contribution in [0.5, 0.6) is 5.75 Å². The third-order valence-electron chi connectivity index (χ3n) is 12.4. The van der Waals surface area contributed by atoms with Crippen LogP contribution in [0.3, 0.4) is 0 Å². The first-order valence-corrected chi connectivity index (χ1v) is 25.4. The van der Waals surface area contributed by atoms with Gasteiger partial charge in [-0.2, -0.15) is 0 Å². The first kappa shape index (κ1) is 52.3. The molecule has 2 fully saturated rings. The largest absolute Gasteiger partial charge is 0.487 e. The van der Waals surface area contributed by atoms with Gasteiger partial charge in [0.05, 0.1) is 58.5 Å². The monoisotopic (exact) mass is 1020 g/mol. The molecule has 374 valence electrons. The zero-order chi connectivity index (χ0) is 49.8. The number of amides is 4. The van der Waals surface area contributed by atoms with E-state index >= 15 is 0 Å². The molecule has 1 aliphatic heterocycles. The average molecular weight is 1020 g/mol. The lowest BCUT2D eigenvalue weighted by Crippen LogP contribution is -2.58. The summed E-state index contributed by atoms with van der Waals surface area (Å²) in [6, 6.07) is 16.2. The molecule has 20 heteroatoms. The number of likely N-dealkylation sites (tertiary alicyclic amines) is 1. The molecule has 4 amide bonds. The van der Waals surface area contributed by atoms with E-state index in [0.29, 0.717) is 43.1 Å². The molecule has 0 bridgehead atoms. The minimum Gasteiger partial charge on any atom is -0.487 e. The van der Waals surface area contributed by atoms with Crippen LogP contribution in [0.4, 0.5) is 15.3 Å². The summed E-state index contributed by atoms with van der Waals surface area (Å²) >= 11 is 9.01. The van der Waals surface area contributed by atoms with Crippen molar-refractivity contribution in [2.75, 3.05) is 44.8 Å². The topological polar surface area (TPSA) is 206 Å². The van der Waals surface area contributed by atoms with Gasteiger partial charge in [-0.15, -0.1) is 22.7 Å². The van der Waals surface area contributed by atoms with Crippen molar-refractivity contribution < 1.29 is 42.9 Å². The Morgan fingerprint density at radius 1 is 0.971 bits per heavy atom. The number of aromatic nitrogens is 3. The maximum Gasteiger partial charge on any atom is 0.246 e. The van der Waals surface area contributed by atoms with Gasteiger partial charge in [-0.1, -0.05) is 68.8 Å². The maximum atomic E-state index is 14.7. The van der Waals surface area contributed by atoms with Crippen LogP contribution in [0.2, 0.25) is 5.02 Å². The predicted molar refractivity (Wildman–Crippen MR) is 266 cm³/mol. The lowest BCUT2D eigenvalue weighted by Gasteiger charge is -2.39. The van der Waals surface area contributed by atoms with Gasteiger partial charge in [0, 0.05) is 49.7 Å². The summed E-state index contributed by atoms with van der Waals surface area (Å²) in [5.74, 6) is -1.47. The Labute approximate surface area is 420 Å². The van der Waals surface area contributed by atoms with E-state index in [0.717, 1.165) is 27.4 Å². The van der Waals surface area contributed by atoms with Crippen LogP contribution in [-0.4, -0.2) is 112 Å². The molecule has 5 aromatic rings. The minimum atomic E-state index is -1.01. The summed E-state index contributed by atoms with van der Waals surface area (Å²) in [6.45, 7) is 7.84. The number of hydrogen-bond acceptors (Lipinski definition) is 14. The fourth-order valence-electron chi connectivity index (χ4n) is 8.68. The quantitative estimate of drug-likeness (QED) is 0.0471. The fraction of sp³-hybridized carbons (Fsp3) is 0.460. The second kappa shape index (κ2) is 24.0. The molecule has 3 aromatic heterocycles. The number of aliphatic hydroxyl groups is 1. The molecule has 16 nitrogen and oxygen atoms in total. The summed E-state index contributed by atoms with van der Waals surface area (Å²) in [4.78, 5) is 70.5. The normalized spacial score (nSPS) is 19.6. The molecule has 1 saturated heterocycles. The molecule has 2 aliphatic rings. The van der Waals surface area contributed by atoms with Crippen LogP contribution in [0.15, 0.2) is 77.8 Å². The molecule has 70 heavy (non-hydrogen) atoms. The second-order valence-electron chi connectivity index (χ2n) is 18.7. The number of benzene rings is 2. The van der Waals surface area contributed by atoms with Gasteiger partial charge < -0.3 is 45.5 Å². The first-order valence-electron chi connectivity index (χ1n) is 23.3. The number of nitrogens with one attached hydrogen (secondary N) is 4. The van der Waals surface area contributed by atoms with Crippen molar-refractivity contribution in [3.8, 4) is 16.2 Å². The van der Waals surface area contributed by atoms with Crippen molar-refractivity contribution in [1.29, 1.82) is 0 Å². The Kier molecular flexibility index (Phi) is 17.9. The van der Waals surface area contributed by atoms with Crippen LogP contribution in [0.1, 0.15) is 69.8 Å². The van der Waals surface area contributed by atoms with Crippen molar-refractivity contribution in [2.45, 2.75) is 97.1 Å². The highest BCUT2D eigenvalue weighted by Crippen LogP contribution is 2.41. The minimum absolute atomic E-state index is 0.0207. The Balaban J connectivity index is 0.853. The maximum absolute atomic E-state index is 14.7. The lowest BCUT2D eigenvalue weighted by molar-refractivity contribution is -0.144. The van der Waals surface area contributed by atoms with E-state index in [1.54, 1.807) is 35.2 Å². The predicted octanol–water partition coefficient (Wildman–Crippen LogP) is 7.02. The Bertz CT molecular complexity index is 2550. The SMILES string of the molecule is Cc1ncsc1-c1ccc(CNC(=O)[C@@H]2C[C@@H](O)CN2C(=O)[C@@H](NC(=O)COCCOCCNC(=O)C2(Cc3cccc(Nc4nccs4)n3)CCC(Oc3cccc(Cl)c3F)CC2)C(C)(C)C)cc1. The highest BCUT2D eigenvalue weighted by atomic mass is 35.5. The summed E-state index contributed by atoms with van der Waals surface area (Å²) in [5, 5.41) is 25.1.